The van der Waals surface area contributed by atoms with Gasteiger partial charge in [-0.3, -0.25) is 4.79 Å². The van der Waals surface area contributed by atoms with Crippen molar-refractivity contribution < 1.29 is 14.3 Å². The number of thioether (sulfide) groups is 1. The molecule has 0 bridgehead atoms. The first-order valence-corrected chi connectivity index (χ1v) is 6.96. The third kappa shape index (κ3) is 3.61. The molecule has 0 atom stereocenters. The van der Waals surface area contributed by atoms with Crippen molar-refractivity contribution in [1.29, 1.82) is 0 Å². The highest BCUT2D eigenvalue weighted by atomic mass is 35.5. The molecular weight excluding hydrogens is 304 g/mol. The number of fused-ring (bicyclic) bond motifs is 1. The summed E-state index contributed by atoms with van der Waals surface area (Å²) in [4.78, 5) is 26.1. The Morgan fingerprint density at radius 1 is 1.50 bits per heavy atom. The molecule has 0 aliphatic heterocycles. The summed E-state index contributed by atoms with van der Waals surface area (Å²) in [5.74, 6) is -0.0850. The molecule has 0 N–H and O–H groups in total. The van der Waals surface area contributed by atoms with Crippen molar-refractivity contribution in [2.45, 2.75) is 11.9 Å². The van der Waals surface area contributed by atoms with Crippen LogP contribution in [0.15, 0.2) is 29.6 Å². The van der Waals surface area contributed by atoms with Crippen molar-refractivity contribution in [1.82, 2.24) is 19.0 Å². The van der Waals surface area contributed by atoms with E-state index in [0.29, 0.717) is 10.2 Å². The molecule has 2 aromatic rings. The van der Waals surface area contributed by atoms with Gasteiger partial charge >= 0.3 is 6.09 Å². The number of imidazole rings is 1. The van der Waals surface area contributed by atoms with Gasteiger partial charge in [0.2, 0.25) is 5.91 Å². The number of amides is 2. The Balaban J connectivity index is 1.78. The number of hydrogen-bond acceptors (Lipinski definition) is 6. The van der Waals surface area contributed by atoms with Crippen molar-refractivity contribution in [3.8, 4) is 0 Å². The first-order chi connectivity index (χ1) is 9.58. The van der Waals surface area contributed by atoms with E-state index in [1.54, 1.807) is 16.9 Å². The number of ether oxygens (including phenoxy) is 1. The van der Waals surface area contributed by atoms with E-state index in [2.05, 4.69) is 10.1 Å². The van der Waals surface area contributed by atoms with Crippen LogP contribution in [0.4, 0.5) is 4.79 Å². The van der Waals surface area contributed by atoms with E-state index in [9.17, 15) is 9.59 Å². The summed E-state index contributed by atoms with van der Waals surface area (Å²) in [5.41, 5.74) is 0.764. The molecule has 2 heterocycles. The molecular formula is C11H11ClN4O3S. The topological polar surface area (TPSA) is 76.8 Å². The first-order valence-electron chi connectivity index (χ1n) is 5.64. The Hall–Kier alpha value is -1.80. The predicted molar refractivity (Wildman–Crippen MR) is 73.4 cm³/mol. The van der Waals surface area contributed by atoms with Crippen molar-refractivity contribution >= 4 is 41.2 Å². The molecule has 0 saturated carbocycles. The second-order valence-corrected chi connectivity index (χ2v) is 5.12. The molecule has 0 aliphatic carbocycles. The summed E-state index contributed by atoms with van der Waals surface area (Å²) in [6.45, 7) is 1.30. The summed E-state index contributed by atoms with van der Waals surface area (Å²) in [5, 5.41) is 5.08. The number of carbonyl (C=O) groups excluding carboxylic acids is 2. The Morgan fingerprint density at radius 2 is 2.30 bits per heavy atom. The van der Waals surface area contributed by atoms with Crippen LogP contribution in [0.3, 0.4) is 0 Å². The molecule has 0 fully saturated rings. The van der Waals surface area contributed by atoms with Gasteiger partial charge in [-0.1, -0.05) is 0 Å². The summed E-state index contributed by atoms with van der Waals surface area (Å²) in [7, 11) is 0. The van der Waals surface area contributed by atoms with Crippen molar-refractivity contribution in [3.63, 3.8) is 0 Å². The molecule has 2 aromatic heterocycles. The van der Waals surface area contributed by atoms with Gasteiger partial charge in [0.1, 0.15) is 11.6 Å². The fourth-order valence-corrected chi connectivity index (χ4v) is 2.07. The molecule has 0 unspecified atom stereocenters. The predicted octanol–water partition coefficient (Wildman–Crippen LogP) is 1.96. The van der Waals surface area contributed by atoms with Crippen LogP contribution in [0.5, 0.6) is 0 Å². The molecule has 2 amide bonds. The molecule has 9 heteroatoms. The van der Waals surface area contributed by atoms with Crippen LogP contribution in [0.25, 0.3) is 5.65 Å². The van der Waals surface area contributed by atoms with Gasteiger partial charge in [0.05, 0.1) is 0 Å². The molecule has 7 nitrogen and oxygen atoms in total. The summed E-state index contributed by atoms with van der Waals surface area (Å²) < 4.78 is 6.89. The third-order valence-corrected chi connectivity index (χ3v) is 3.49. The van der Waals surface area contributed by atoms with E-state index >= 15 is 0 Å². The third-order valence-electron chi connectivity index (χ3n) is 2.23. The van der Waals surface area contributed by atoms with E-state index in [0.717, 1.165) is 10.7 Å². The van der Waals surface area contributed by atoms with Crippen LogP contribution >= 0.6 is 23.5 Å². The zero-order valence-electron chi connectivity index (χ0n) is 10.5. The second kappa shape index (κ2) is 6.58. The van der Waals surface area contributed by atoms with Crippen LogP contribution in [-0.2, 0) is 9.53 Å². The van der Waals surface area contributed by atoms with Gasteiger partial charge < -0.3 is 4.74 Å². The molecule has 0 saturated heterocycles. The van der Waals surface area contributed by atoms with Gasteiger partial charge in [0, 0.05) is 36.8 Å². The van der Waals surface area contributed by atoms with Gasteiger partial charge in [0.25, 0.3) is 0 Å². The Morgan fingerprint density at radius 3 is 3.05 bits per heavy atom. The summed E-state index contributed by atoms with van der Waals surface area (Å²) in [6.07, 6.45) is 2.53. The van der Waals surface area contributed by atoms with E-state index in [4.69, 9.17) is 16.5 Å². The molecule has 0 radical (unpaired) electrons. The average Bonchev–Trinajstić information content (AvgIpc) is 2.89. The number of halogens is 1. The van der Waals surface area contributed by atoms with E-state index in [1.807, 2.05) is 12.1 Å². The summed E-state index contributed by atoms with van der Waals surface area (Å²) >= 11 is 6.81. The van der Waals surface area contributed by atoms with Crippen molar-refractivity contribution in [2.24, 2.45) is 0 Å². The van der Waals surface area contributed by atoms with E-state index in [1.165, 1.54) is 18.7 Å². The van der Waals surface area contributed by atoms with Crippen molar-refractivity contribution in [2.75, 3.05) is 12.4 Å². The largest absolute Gasteiger partial charge is 0.447 e. The fraction of sp³-hybridized carbons (Fsp3) is 0.273. The van der Waals surface area contributed by atoms with E-state index < -0.39 is 12.0 Å². The highest BCUT2D eigenvalue weighted by Gasteiger charge is 2.16. The number of imide groups is 1. The SMILES string of the molecule is CC(=O)N(Cl)C(=O)OCCSc1ccc2nccn2n1. The minimum atomic E-state index is -0.877. The van der Waals surface area contributed by atoms with Gasteiger partial charge in [-0.15, -0.1) is 11.8 Å². The van der Waals surface area contributed by atoms with Crippen LogP contribution in [-0.4, -0.2) is 43.4 Å². The number of aromatic nitrogens is 3. The smallest absolute Gasteiger partial charge is 0.431 e. The minimum absolute atomic E-state index is 0.129. The lowest BCUT2D eigenvalue weighted by molar-refractivity contribution is -0.123. The van der Waals surface area contributed by atoms with Crippen LogP contribution in [0.2, 0.25) is 0 Å². The lowest BCUT2D eigenvalue weighted by Gasteiger charge is -2.09. The number of nitrogens with zero attached hydrogens (tertiary/aromatic N) is 4. The fourth-order valence-electron chi connectivity index (χ4n) is 1.34. The highest BCUT2D eigenvalue weighted by molar-refractivity contribution is 7.99. The van der Waals surface area contributed by atoms with Gasteiger partial charge in [0.15, 0.2) is 5.65 Å². The van der Waals surface area contributed by atoms with Gasteiger partial charge in [-0.05, 0) is 12.1 Å². The standard InChI is InChI=1S/C11H11ClN4O3S/c1-8(17)16(12)11(18)19-6-7-20-10-3-2-9-13-4-5-15(9)14-10/h2-5H,6-7H2,1H3. The Kier molecular flexibility index (Phi) is 4.80. The first kappa shape index (κ1) is 14.6. The maximum atomic E-state index is 11.2. The molecule has 20 heavy (non-hydrogen) atoms. The molecule has 0 aromatic carbocycles. The Labute approximate surface area is 124 Å². The van der Waals surface area contributed by atoms with Crippen molar-refractivity contribution in [3.05, 3.63) is 24.5 Å². The van der Waals surface area contributed by atoms with Gasteiger partial charge in [-0.2, -0.15) is 9.52 Å². The zero-order chi connectivity index (χ0) is 14.5. The Bertz CT molecular complexity index is 633. The average molecular weight is 315 g/mol. The lowest BCUT2D eigenvalue weighted by Crippen LogP contribution is -2.27. The summed E-state index contributed by atoms with van der Waals surface area (Å²) in [6, 6.07) is 3.68. The highest BCUT2D eigenvalue weighted by Crippen LogP contribution is 2.15. The molecule has 0 spiro atoms. The second-order valence-electron chi connectivity index (χ2n) is 3.66. The lowest BCUT2D eigenvalue weighted by atomic mass is 10.6. The van der Waals surface area contributed by atoms with Crippen LogP contribution in [0, 0.1) is 0 Å². The zero-order valence-corrected chi connectivity index (χ0v) is 12.1. The monoisotopic (exact) mass is 314 g/mol. The maximum Gasteiger partial charge on any atom is 0.431 e. The molecule has 2 rings (SSSR count). The molecule has 0 aliphatic rings. The van der Waals surface area contributed by atoms with Crippen LogP contribution < -0.4 is 0 Å². The minimum Gasteiger partial charge on any atom is -0.447 e. The van der Waals surface area contributed by atoms with Crippen LogP contribution in [0.1, 0.15) is 6.92 Å². The number of hydrogen-bond donors (Lipinski definition) is 0. The molecule has 106 valence electrons. The van der Waals surface area contributed by atoms with E-state index in [-0.39, 0.29) is 6.61 Å². The number of rotatable bonds is 4. The van der Waals surface area contributed by atoms with Gasteiger partial charge in [-0.25, -0.2) is 14.3 Å². The maximum absolute atomic E-state index is 11.2. The normalized spacial score (nSPS) is 10.5. The quantitative estimate of drug-likeness (QED) is 0.488. The number of carbonyl (C=O) groups is 2.